The molecule has 0 saturated carbocycles. The van der Waals surface area contributed by atoms with Crippen molar-refractivity contribution in [1.29, 1.82) is 0 Å². The van der Waals surface area contributed by atoms with Crippen molar-refractivity contribution in [1.82, 2.24) is 19.7 Å². The summed E-state index contributed by atoms with van der Waals surface area (Å²) in [7, 11) is 3.62. The normalized spacial score (nSPS) is 10.7. The standard InChI is InChI=1S/C17H23N5O2S/c1-12-6-4-5-7-13(12)10-21(2)16(24)11-25-17-20-19-15(22(17)3)9-8-14(18)23/h4-7H,8-11H2,1-3H3,(H2,18,23). The Balaban J connectivity index is 1.89. The average molecular weight is 361 g/mol. The fourth-order valence-corrected chi connectivity index (χ4v) is 3.16. The molecule has 0 radical (unpaired) electrons. The van der Waals surface area contributed by atoms with Crippen molar-refractivity contribution < 1.29 is 9.59 Å². The second-order valence-corrected chi connectivity index (χ2v) is 6.83. The molecule has 0 saturated heterocycles. The molecule has 2 amide bonds. The number of aryl methyl sites for hydroxylation is 2. The van der Waals surface area contributed by atoms with Crippen LogP contribution in [0.4, 0.5) is 0 Å². The molecule has 8 heteroatoms. The molecule has 7 nitrogen and oxygen atoms in total. The van der Waals surface area contributed by atoms with Crippen LogP contribution in [0.15, 0.2) is 29.4 Å². The van der Waals surface area contributed by atoms with E-state index in [0.29, 0.717) is 23.9 Å². The molecular formula is C17H23N5O2S. The molecule has 0 aliphatic heterocycles. The third kappa shape index (κ3) is 5.32. The zero-order valence-corrected chi connectivity index (χ0v) is 15.5. The molecule has 2 rings (SSSR count). The number of rotatable bonds is 8. The molecule has 1 aromatic carbocycles. The van der Waals surface area contributed by atoms with E-state index in [4.69, 9.17) is 5.73 Å². The number of hydrogen-bond acceptors (Lipinski definition) is 5. The number of benzene rings is 1. The predicted molar refractivity (Wildman–Crippen MR) is 96.9 cm³/mol. The molecule has 0 fully saturated rings. The Morgan fingerprint density at radius 3 is 2.68 bits per heavy atom. The monoisotopic (exact) mass is 361 g/mol. The van der Waals surface area contributed by atoms with Gasteiger partial charge in [-0.05, 0) is 18.1 Å². The third-order valence-electron chi connectivity index (χ3n) is 3.94. The van der Waals surface area contributed by atoms with E-state index in [1.807, 2.05) is 38.2 Å². The van der Waals surface area contributed by atoms with Crippen LogP contribution in [0, 0.1) is 6.92 Å². The molecule has 0 aliphatic carbocycles. The van der Waals surface area contributed by atoms with Gasteiger partial charge in [0.2, 0.25) is 11.8 Å². The highest BCUT2D eigenvalue weighted by Crippen LogP contribution is 2.17. The molecule has 1 aromatic heterocycles. The van der Waals surface area contributed by atoms with Crippen molar-refractivity contribution in [3.05, 3.63) is 41.2 Å². The van der Waals surface area contributed by atoms with Crippen molar-refractivity contribution in [2.45, 2.75) is 31.5 Å². The first-order valence-electron chi connectivity index (χ1n) is 7.96. The quantitative estimate of drug-likeness (QED) is 0.715. The second-order valence-electron chi connectivity index (χ2n) is 5.89. The predicted octanol–water partition coefficient (Wildman–Crippen LogP) is 1.29. The fraction of sp³-hybridized carbons (Fsp3) is 0.412. The summed E-state index contributed by atoms with van der Waals surface area (Å²) in [4.78, 5) is 24.9. The summed E-state index contributed by atoms with van der Waals surface area (Å²) in [6.07, 6.45) is 0.676. The zero-order chi connectivity index (χ0) is 18.4. The first-order valence-corrected chi connectivity index (χ1v) is 8.95. The lowest BCUT2D eigenvalue weighted by Crippen LogP contribution is -2.28. The number of hydrogen-bond donors (Lipinski definition) is 1. The molecule has 1 heterocycles. The minimum absolute atomic E-state index is 0.0231. The molecule has 2 N–H and O–H groups in total. The van der Waals surface area contributed by atoms with Crippen LogP contribution in [0.5, 0.6) is 0 Å². The van der Waals surface area contributed by atoms with E-state index in [-0.39, 0.29) is 24.0 Å². The summed E-state index contributed by atoms with van der Waals surface area (Å²) in [5, 5.41) is 8.78. The number of carbonyl (C=O) groups is 2. The number of nitrogens with zero attached hydrogens (tertiary/aromatic N) is 4. The smallest absolute Gasteiger partial charge is 0.233 e. The van der Waals surface area contributed by atoms with E-state index in [1.54, 1.807) is 16.5 Å². The summed E-state index contributed by atoms with van der Waals surface area (Å²) >= 11 is 1.34. The van der Waals surface area contributed by atoms with Crippen LogP contribution in [0.2, 0.25) is 0 Å². The summed E-state index contributed by atoms with van der Waals surface area (Å²) in [5.74, 6) is 0.617. The van der Waals surface area contributed by atoms with Crippen LogP contribution in [-0.4, -0.2) is 44.3 Å². The van der Waals surface area contributed by atoms with E-state index in [0.717, 1.165) is 5.56 Å². The molecule has 0 bridgehead atoms. The minimum Gasteiger partial charge on any atom is -0.370 e. The van der Waals surface area contributed by atoms with Gasteiger partial charge < -0.3 is 15.2 Å². The fourth-order valence-electron chi connectivity index (χ4n) is 2.29. The maximum Gasteiger partial charge on any atom is 0.233 e. The van der Waals surface area contributed by atoms with E-state index in [2.05, 4.69) is 10.2 Å². The Kier molecular flexibility index (Phi) is 6.58. The highest BCUT2D eigenvalue weighted by atomic mass is 32.2. The molecule has 25 heavy (non-hydrogen) atoms. The molecule has 0 atom stereocenters. The Hall–Kier alpha value is -2.35. The Morgan fingerprint density at radius 1 is 1.28 bits per heavy atom. The number of aromatic nitrogens is 3. The molecule has 0 unspecified atom stereocenters. The van der Waals surface area contributed by atoms with Gasteiger partial charge in [0.05, 0.1) is 5.75 Å². The largest absolute Gasteiger partial charge is 0.370 e. The van der Waals surface area contributed by atoms with Crippen molar-refractivity contribution in [3.8, 4) is 0 Å². The first-order chi connectivity index (χ1) is 11.9. The summed E-state index contributed by atoms with van der Waals surface area (Å²) < 4.78 is 1.79. The lowest BCUT2D eigenvalue weighted by atomic mass is 10.1. The molecular weight excluding hydrogens is 338 g/mol. The highest BCUT2D eigenvalue weighted by Gasteiger charge is 2.15. The summed E-state index contributed by atoms with van der Waals surface area (Å²) in [6, 6.07) is 8.03. The van der Waals surface area contributed by atoms with Gasteiger partial charge in [-0.25, -0.2) is 0 Å². The maximum atomic E-state index is 12.4. The van der Waals surface area contributed by atoms with Crippen molar-refractivity contribution in [2.24, 2.45) is 12.8 Å². The zero-order valence-electron chi connectivity index (χ0n) is 14.7. The summed E-state index contributed by atoms with van der Waals surface area (Å²) in [5.41, 5.74) is 7.45. The van der Waals surface area contributed by atoms with Gasteiger partial charge in [0, 0.05) is 33.5 Å². The lowest BCUT2D eigenvalue weighted by molar-refractivity contribution is -0.127. The molecule has 0 aliphatic rings. The SMILES string of the molecule is Cc1ccccc1CN(C)C(=O)CSc1nnc(CCC(N)=O)n1C. The highest BCUT2D eigenvalue weighted by molar-refractivity contribution is 7.99. The number of amides is 2. The van der Waals surface area contributed by atoms with E-state index in [9.17, 15) is 9.59 Å². The van der Waals surface area contributed by atoms with E-state index >= 15 is 0 Å². The van der Waals surface area contributed by atoms with Crippen molar-refractivity contribution >= 4 is 23.6 Å². The third-order valence-corrected chi connectivity index (χ3v) is 4.94. The molecule has 2 aromatic rings. The topological polar surface area (TPSA) is 94.1 Å². The Morgan fingerprint density at radius 2 is 2.00 bits per heavy atom. The average Bonchev–Trinajstić information content (AvgIpc) is 2.92. The second kappa shape index (κ2) is 8.66. The van der Waals surface area contributed by atoms with Gasteiger partial charge in [0.15, 0.2) is 5.16 Å². The van der Waals surface area contributed by atoms with E-state index < -0.39 is 0 Å². The summed E-state index contributed by atoms with van der Waals surface area (Å²) in [6.45, 7) is 2.62. The van der Waals surface area contributed by atoms with Gasteiger partial charge in [0.25, 0.3) is 0 Å². The number of carbonyl (C=O) groups excluding carboxylic acids is 2. The van der Waals surface area contributed by atoms with Crippen LogP contribution in [-0.2, 0) is 29.6 Å². The number of primary amides is 1. The van der Waals surface area contributed by atoms with Gasteiger partial charge in [-0.3, -0.25) is 9.59 Å². The lowest BCUT2D eigenvalue weighted by Gasteiger charge is -2.18. The van der Waals surface area contributed by atoms with Gasteiger partial charge in [-0.2, -0.15) is 0 Å². The van der Waals surface area contributed by atoms with Gasteiger partial charge in [-0.15, -0.1) is 10.2 Å². The van der Waals surface area contributed by atoms with Gasteiger partial charge >= 0.3 is 0 Å². The maximum absolute atomic E-state index is 12.4. The molecule has 134 valence electrons. The van der Waals surface area contributed by atoms with Crippen molar-refractivity contribution in [3.63, 3.8) is 0 Å². The molecule has 0 spiro atoms. The van der Waals surface area contributed by atoms with Crippen LogP contribution < -0.4 is 5.73 Å². The van der Waals surface area contributed by atoms with Crippen LogP contribution in [0.3, 0.4) is 0 Å². The first kappa shape index (κ1) is 19.0. The van der Waals surface area contributed by atoms with Crippen LogP contribution in [0.25, 0.3) is 0 Å². The van der Waals surface area contributed by atoms with Crippen LogP contribution in [0.1, 0.15) is 23.4 Å². The van der Waals surface area contributed by atoms with Gasteiger partial charge in [-0.1, -0.05) is 36.0 Å². The Labute approximate surface area is 151 Å². The van der Waals surface area contributed by atoms with Gasteiger partial charge in [0.1, 0.15) is 5.82 Å². The van der Waals surface area contributed by atoms with Crippen molar-refractivity contribution in [2.75, 3.05) is 12.8 Å². The minimum atomic E-state index is -0.370. The van der Waals surface area contributed by atoms with Crippen LogP contribution >= 0.6 is 11.8 Å². The number of thioether (sulfide) groups is 1. The Bertz CT molecular complexity index is 759. The van der Waals surface area contributed by atoms with E-state index in [1.165, 1.54) is 17.3 Å². The number of nitrogens with two attached hydrogens (primary N) is 1.